The molecule has 0 fully saturated rings. The molecular formula is C40H31N. The van der Waals surface area contributed by atoms with Gasteiger partial charge in [0.25, 0.3) is 0 Å². The molecule has 5 aromatic carbocycles. The molecule has 1 heteroatoms. The van der Waals surface area contributed by atoms with E-state index in [1.165, 1.54) is 61.2 Å². The van der Waals surface area contributed by atoms with Crippen molar-refractivity contribution in [1.29, 1.82) is 0 Å². The van der Waals surface area contributed by atoms with Crippen LogP contribution in [0.3, 0.4) is 0 Å². The lowest BCUT2D eigenvalue weighted by Gasteiger charge is -2.36. The van der Waals surface area contributed by atoms with Crippen LogP contribution < -0.4 is 5.32 Å². The van der Waals surface area contributed by atoms with E-state index in [9.17, 15) is 0 Å². The highest BCUT2D eigenvalue weighted by Crippen LogP contribution is 2.65. The molecule has 41 heavy (non-hydrogen) atoms. The van der Waals surface area contributed by atoms with Crippen LogP contribution in [0.25, 0.3) is 27.8 Å². The Morgan fingerprint density at radius 3 is 1.78 bits per heavy atom. The largest absolute Gasteiger partial charge is 0.356 e. The first-order chi connectivity index (χ1) is 20.1. The number of hydrogen-bond donors (Lipinski definition) is 1. The molecule has 0 aromatic heterocycles. The van der Waals surface area contributed by atoms with E-state index >= 15 is 0 Å². The first kappa shape index (κ1) is 23.1. The molecule has 4 aliphatic carbocycles. The molecular weight excluding hydrogens is 494 g/mol. The molecule has 1 N–H and O–H groups in total. The van der Waals surface area contributed by atoms with Crippen molar-refractivity contribution in [1.82, 2.24) is 0 Å². The summed E-state index contributed by atoms with van der Waals surface area (Å²) in [5.74, 6) is 0.391. The third-order valence-electron chi connectivity index (χ3n) is 10.3. The summed E-state index contributed by atoms with van der Waals surface area (Å²) in [6.45, 7) is 4.69. The Hall–Kier alpha value is -4.62. The van der Waals surface area contributed by atoms with Crippen molar-refractivity contribution < 1.29 is 0 Å². The van der Waals surface area contributed by atoms with E-state index in [1.54, 1.807) is 0 Å². The first-order valence-electron chi connectivity index (χ1n) is 14.8. The Morgan fingerprint density at radius 2 is 1.10 bits per heavy atom. The van der Waals surface area contributed by atoms with Crippen LogP contribution in [-0.2, 0) is 10.8 Å². The van der Waals surface area contributed by atoms with E-state index in [4.69, 9.17) is 0 Å². The molecule has 4 aliphatic rings. The van der Waals surface area contributed by atoms with Gasteiger partial charge in [-0.05, 0) is 91.9 Å². The number of rotatable bonds is 2. The van der Waals surface area contributed by atoms with E-state index in [0.29, 0.717) is 5.92 Å². The molecule has 1 nitrogen and oxygen atoms in total. The number of benzene rings is 5. The molecule has 1 atom stereocenters. The van der Waals surface area contributed by atoms with Gasteiger partial charge in [0.05, 0.1) is 5.41 Å². The van der Waals surface area contributed by atoms with Gasteiger partial charge in [0.2, 0.25) is 0 Å². The van der Waals surface area contributed by atoms with Crippen molar-refractivity contribution in [3.8, 4) is 22.3 Å². The van der Waals surface area contributed by atoms with Gasteiger partial charge in [-0.3, -0.25) is 0 Å². The summed E-state index contributed by atoms with van der Waals surface area (Å²) in [4.78, 5) is 0. The lowest BCUT2D eigenvalue weighted by atomic mass is 9.65. The van der Waals surface area contributed by atoms with Crippen molar-refractivity contribution in [2.75, 3.05) is 5.32 Å². The predicted octanol–water partition coefficient (Wildman–Crippen LogP) is 10.0. The van der Waals surface area contributed by atoms with Crippen LogP contribution in [0.1, 0.15) is 53.6 Å². The van der Waals surface area contributed by atoms with E-state index < -0.39 is 0 Å². The highest BCUT2D eigenvalue weighted by atomic mass is 14.9. The second-order valence-corrected chi connectivity index (χ2v) is 12.6. The molecule has 0 amide bonds. The number of nitrogens with one attached hydrogen (secondary N) is 1. The van der Waals surface area contributed by atoms with E-state index in [0.717, 1.165) is 17.8 Å². The Labute approximate surface area is 241 Å². The van der Waals surface area contributed by atoms with Crippen LogP contribution in [-0.4, -0.2) is 0 Å². The summed E-state index contributed by atoms with van der Waals surface area (Å²) in [5, 5.41) is 3.83. The highest BCUT2D eigenvalue weighted by molar-refractivity contribution is 5.93. The minimum Gasteiger partial charge on any atom is -0.356 e. The summed E-state index contributed by atoms with van der Waals surface area (Å²) in [6, 6.07) is 41.0. The highest BCUT2D eigenvalue weighted by Gasteiger charge is 2.56. The standard InChI is InChI=1S/C40H31N/c1-39(2)33-15-7-3-11-27(33)31-21-19-25(23-37(31)39)41-26-20-22-32-30-14-6-10-18-36(30)40(38(32)24-26)34-16-8-4-12-28(34)29-13-5-9-17-35(29)40/h3-17,19-24,36,41H,18H2,1-2H3. The van der Waals surface area contributed by atoms with Gasteiger partial charge in [-0.15, -0.1) is 0 Å². The van der Waals surface area contributed by atoms with Gasteiger partial charge in [-0.1, -0.05) is 117 Å². The smallest absolute Gasteiger partial charge is 0.0541 e. The van der Waals surface area contributed by atoms with Crippen molar-refractivity contribution in [2.45, 2.75) is 31.1 Å². The van der Waals surface area contributed by atoms with Crippen LogP contribution in [0.4, 0.5) is 11.4 Å². The van der Waals surface area contributed by atoms with Gasteiger partial charge in [-0.25, -0.2) is 0 Å². The summed E-state index contributed by atoms with van der Waals surface area (Å²) in [5.41, 5.74) is 17.5. The monoisotopic (exact) mass is 525 g/mol. The van der Waals surface area contributed by atoms with Crippen LogP contribution in [0.15, 0.2) is 127 Å². The maximum Gasteiger partial charge on any atom is 0.0541 e. The van der Waals surface area contributed by atoms with Crippen LogP contribution >= 0.6 is 0 Å². The van der Waals surface area contributed by atoms with E-state index in [1.807, 2.05) is 0 Å². The fourth-order valence-electron chi connectivity index (χ4n) is 8.59. The van der Waals surface area contributed by atoms with Crippen molar-refractivity contribution in [2.24, 2.45) is 5.92 Å². The molecule has 5 aromatic rings. The minimum atomic E-state index is -0.182. The van der Waals surface area contributed by atoms with Crippen LogP contribution in [0, 0.1) is 5.92 Å². The normalized spacial score (nSPS) is 19.1. The van der Waals surface area contributed by atoms with Crippen LogP contribution in [0.2, 0.25) is 0 Å². The van der Waals surface area contributed by atoms with Gasteiger partial charge < -0.3 is 5.32 Å². The number of anilines is 2. The SMILES string of the molecule is CC1(C)c2ccccc2-c2ccc(Nc3ccc4c(c3)C3(c5ccccc5-c5ccccc53)C3CC=CC=C43)cc21. The lowest BCUT2D eigenvalue weighted by molar-refractivity contribution is 0.495. The Bertz CT molecular complexity index is 1940. The van der Waals surface area contributed by atoms with Gasteiger partial charge in [-0.2, -0.15) is 0 Å². The number of fused-ring (bicyclic) bond motifs is 13. The van der Waals surface area contributed by atoms with Gasteiger partial charge in [0.1, 0.15) is 0 Å². The zero-order valence-corrected chi connectivity index (χ0v) is 23.4. The Balaban J connectivity index is 1.21. The van der Waals surface area contributed by atoms with Gasteiger partial charge in [0, 0.05) is 22.7 Å². The minimum absolute atomic E-state index is 0.0158. The Kier molecular flexibility index (Phi) is 4.50. The zero-order valence-electron chi connectivity index (χ0n) is 23.4. The second-order valence-electron chi connectivity index (χ2n) is 12.6. The molecule has 0 radical (unpaired) electrons. The van der Waals surface area contributed by atoms with Crippen LogP contribution in [0.5, 0.6) is 0 Å². The molecule has 0 saturated heterocycles. The zero-order chi connectivity index (χ0) is 27.3. The van der Waals surface area contributed by atoms with E-state index in [2.05, 4.69) is 147 Å². The number of allylic oxidation sites excluding steroid dienone is 4. The summed E-state index contributed by atoms with van der Waals surface area (Å²) in [7, 11) is 0. The third kappa shape index (κ3) is 2.86. The molecule has 9 rings (SSSR count). The summed E-state index contributed by atoms with van der Waals surface area (Å²) < 4.78 is 0. The molecule has 1 spiro atoms. The molecule has 0 bridgehead atoms. The third-order valence-corrected chi connectivity index (χ3v) is 10.3. The van der Waals surface area contributed by atoms with Crippen molar-refractivity contribution in [3.63, 3.8) is 0 Å². The first-order valence-corrected chi connectivity index (χ1v) is 14.8. The van der Waals surface area contributed by atoms with Crippen molar-refractivity contribution in [3.05, 3.63) is 161 Å². The number of hydrogen-bond acceptors (Lipinski definition) is 1. The van der Waals surface area contributed by atoms with Gasteiger partial charge >= 0.3 is 0 Å². The predicted molar refractivity (Wildman–Crippen MR) is 171 cm³/mol. The maximum absolute atomic E-state index is 3.83. The fraction of sp³-hybridized carbons (Fsp3) is 0.150. The molecule has 1 unspecified atom stereocenters. The average molecular weight is 526 g/mol. The average Bonchev–Trinajstić information content (AvgIpc) is 3.56. The quantitative estimate of drug-likeness (QED) is 0.242. The topological polar surface area (TPSA) is 12.0 Å². The summed E-state index contributed by atoms with van der Waals surface area (Å²) >= 11 is 0. The second kappa shape index (κ2) is 7.98. The maximum atomic E-state index is 3.83. The fourth-order valence-corrected chi connectivity index (χ4v) is 8.59. The Morgan fingerprint density at radius 1 is 0.561 bits per heavy atom. The molecule has 0 saturated carbocycles. The van der Waals surface area contributed by atoms with Crippen molar-refractivity contribution >= 4 is 16.9 Å². The van der Waals surface area contributed by atoms with Gasteiger partial charge in [0.15, 0.2) is 0 Å². The molecule has 0 aliphatic heterocycles. The van der Waals surface area contributed by atoms with E-state index in [-0.39, 0.29) is 10.8 Å². The molecule has 196 valence electrons. The lowest BCUT2D eigenvalue weighted by Crippen LogP contribution is -2.32. The molecule has 0 heterocycles. The summed E-state index contributed by atoms with van der Waals surface area (Å²) in [6.07, 6.45) is 8.01.